The van der Waals surface area contributed by atoms with Crippen LogP contribution in [0, 0.1) is 6.92 Å². The number of carbonyl (C=O) groups is 1. The summed E-state index contributed by atoms with van der Waals surface area (Å²) in [6, 6.07) is 2.14. The number of carbonyl (C=O) groups excluding carboxylic acids is 1. The summed E-state index contributed by atoms with van der Waals surface area (Å²) in [5.74, 6) is 0.723. The van der Waals surface area contributed by atoms with Gasteiger partial charge in [0.2, 0.25) is 5.91 Å². The van der Waals surface area contributed by atoms with E-state index in [9.17, 15) is 4.79 Å². The predicted octanol–water partition coefficient (Wildman–Crippen LogP) is 0.776. The Labute approximate surface area is 113 Å². The molecule has 0 spiro atoms. The molecule has 1 fully saturated rings. The normalized spacial score (nSPS) is 24.4. The van der Waals surface area contributed by atoms with Gasteiger partial charge in [0, 0.05) is 25.7 Å². The summed E-state index contributed by atoms with van der Waals surface area (Å²) in [6.45, 7) is 7.87. The van der Waals surface area contributed by atoms with Crippen LogP contribution < -0.4 is 5.32 Å². The Hall–Kier alpha value is -1.40. The minimum absolute atomic E-state index is 0.0102. The van der Waals surface area contributed by atoms with Gasteiger partial charge in [0.1, 0.15) is 5.82 Å². The van der Waals surface area contributed by atoms with Crippen molar-refractivity contribution in [1.29, 1.82) is 0 Å². The fourth-order valence-electron chi connectivity index (χ4n) is 2.29. The number of aryl methyl sites for hydroxylation is 2. The first kappa shape index (κ1) is 14.0. The van der Waals surface area contributed by atoms with Crippen LogP contribution in [0.3, 0.4) is 0 Å². The zero-order chi connectivity index (χ0) is 14.0. The number of aromatic nitrogens is 2. The number of nitrogens with zero attached hydrogens (tertiary/aromatic N) is 3. The molecule has 6 heteroatoms. The van der Waals surface area contributed by atoms with Gasteiger partial charge in [-0.3, -0.25) is 14.4 Å². The fraction of sp³-hybridized carbons (Fsp3) is 0.692. The molecule has 0 aliphatic carbocycles. The first-order valence-corrected chi connectivity index (χ1v) is 6.62. The van der Waals surface area contributed by atoms with Crippen molar-refractivity contribution in [3.05, 3.63) is 11.8 Å². The van der Waals surface area contributed by atoms with Crippen molar-refractivity contribution in [2.24, 2.45) is 7.05 Å². The van der Waals surface area contributed by atoms with E-state index >= 15 is 0 Å². The molecular weight excluding hydrogens is 244 g/mol. The molecule has 0 saturated carbocycles. The molecular formula is C13H22N4O2. The molecule has 2 atom stereocenters. The molecule has 1 aliphatic heterocycles. The monoisotopic (exact) mass is 266 g/mol. The minimum atomic E-state index is -0.0102. The zero-order valence-corrected chi connectivity index (χ0v) is 12.0. The first-order valence-electron chi connectivity index (χ1n) is 6.62. The second kappa shape index (κ2) is 5.71. The second-order valence-corrected chi connectivity index (χ2v) is 5.27. The van der Waals surface area contributed by atoms with Crippen LogP contribution in [0.15, 0.2) is 6.07 Å². The largest absolute Gasteiger partial charge is 0.376 e. The van der Waals surface area contributed by atoms with Gasteiger partial charge in [0.25, 0.3) is 0 Å². The third-order valence-electron chi connectivity index (χ3n) is 3.35. The fourth-order valence-corrected chi connectivity index (χ4v) is 2.29. The Bertz CT molecular complexity index is 457. The Kier molecular flexibility index (Phi) is 4.21. The number of rotatable bonds is 3. The van der Waals surface area contributed by atoms with Crippen molar-refractivity contribution in [3.63, 3.8) is 0 Å². The van der Waals surface area contributed by atoms with Crippen molar-refractivity contribution in [2.75, 3.05) is 25.0 Å². The summed E-state index contributed by atoms with van der Waals surface area (Å²) < 4.78 is 7.23. The lowest BCUT2D eigenvalue weighted by Crippen LogP contribution is -2.50. The van der Waals surface area contributed by atoms with Crippen LogP contribution >= 0.6 is 0 Å². The van der Waals surface area contributed by atoms with Crippen LogP contribution in [-0.4, -0.2) is 52.4 Å². The van der Waals surface area contributed by atoms with Gasteiger partial charge in [-0.1, -0.05) is 0 Å². The molecule has 1 saturated heterocycles. The van der Waals surface area contributed by atoms with E-state index in [1.807, 2.05) is 27.0 Å². The second-order valence-electron chi connectivity index (χ2n) is 5.27. The summed E-state index contributed by atoms with van der Waals surface area (Å²) in [5, 5.41) is 7.10. The van der Waals surface area contributed by atoms with Gasteiger partial charge >= 0.3 is 0 Å². The van der Waals surface area contributed by atoms with E-state index in [1.165, 1.54) is 0 Å². The van der Waals surface area contributed by atoms with Crippen LogP contribution in [0.1, 0.15) is 19.5 Å². The zero-order valence-electron chi connectivity index (χ0n) is 12.0. The Morgan fingerprint density at radius 2 is 2.32 bits per heavy atom. The number of anilines is 1. The molecule has 1 aromatic rings. The van der Waals surface area contributed by atoms with Gasteiger partial charge in [-0.2, -0.15) is 5.10 Å². The van der Waals surface area contributed by atoms with E-state index in [1.54, 1.807) is 4.68 Å². The van der Waals surface area contributed by atoms with E-state index in [2.05, 4.69) is 22.2 Å². The molecule has 1 N–H and O–H groups in total. The van der Waals surface area contributed by atoms with E-state index < -0.39 is 0 Å². The molecule has 0 aromatic carbocycles. The van der Waals surface area contributed by atoms with Gasteiger partial charge < -0.3 is 10.1 Å². The third kappa shape index (κ3) is 3.54. The van der Waals surface area contributed by atoms with Gasteiger partial charge in [-0.25, -0.2) is 0 Å². The maximum atomic E-state index is 12.1. The molecule has 0 bridgehead atoms. The topological polar surface area (TPSA) is 59.4 Å². The Morgan fingerprint density at radius 1 is 1.58 bits per heavy atom. The number of hydrogen-bond donors (Lipinski definition) is 1. The highest BCUT2D eigenvalue weighted by Crippen LogP contribution is 2.12. The molecule has 1 amide bonds. The molecule has 19 heavy (non-hydrogen) atoms. The number of ether oxygens (including phenoxy) is 1. The van der Waals surface area contributed by atoms with Gasteiger partial charge in [-0.15, -0.1) is 0 Å². The molecule has 2 rings (SSSR count). The van der Waals surface area contributed by atoms with Gasteiger partial charge in [0.05, 0.1) is 24.9 Å². The van der Waals surface area contributed by atoms with Crippen LogP contribution in [0.2, 0.25) is 0 Å². The number of morpholine rings is 1. The molecule has 1 aromatic heterocycles. The van der Waals surface area contributed by atoms with E-state index in [4.69, 9.17) is 4.74 Å². The summed E-state index contributed by atoms with van der Waals surface area (Å²) >= 11 is 0. The van der Waals surface area contributed by atoms with E-state index in [0.29, 0.717) is 13.2 Å². The minimum Gasteiger partial charge on any atom is -0.376 e. The highest BCUT2D eigenvalue weighted by molar-refractivity contribution is 5.91. The lowest BCUT2D eigenvalue weighted by molar-refractivity contribution is -0.121. The highest BCUT2D eigenvalue weighted by Gasteiger charge is 2.25. The maximum Gasteiger partial charge on any atom is 0.239 e. The SMILES string of the molecule is Cc1cc(NC(=O)CN2CC(C)OCC2C)n(C)n1. The highest BCUT2D eigenvalue weighted by atomic mass is 16.5. The van der Waals surface area contributed by atoms with Gasteiger partial charge in [0.15, 0.2) is 0 Å². The summed E-state index contributed by atoms with van der Waals surface area (Å²) in [7, 11) is 1.82. The average molecular weight is 266 g/mol. The smallest absolute Gasteiger partial charge is 0.239 e. The third-order valence-corrected chi connectivity index (χ3v) is 3.35. The summed E-state index contributed by atoms with van der Waals surface area (Å²) in [5.41, 5.74) is 0.895. The van der Waals surface area contributed by atoms with Crippen molar-refractivity contribution in [3.8, 4) is 0 Å². The van der Waals surface area contributed by atoms with Crippen LogP contribution in [-0.2, 0) is 16.6 Å². The summed E-state index contributed by atoms with van der Waals surface area (Å²) in [4.78, 5) is 14.2. The first-order chi connectivity index (χ1) is 8.95. The average Bonchev–Trinajstić information content (AvgIpc) is 2.62. The van der Waals surface area contributed by atoms with Crippen molar-refractivity contribution >= 4 is 11.7 Å². The Balaban J connectivity index is 1.92. The molecule has 0 radical (unpaired) electrons. The molecule has 6 nitrogen and oxygen atoms in total. The number of amides is 1. The van der Waals surface area contributed by atoms with E-state index in [-0.39, 0.29) is 18.1 Å². The molecule has 1 aliphatic rings. The van der Waals surface area contributed by atoms with Crippen LogP contribution in [0.25, 0.3) is 0 Å². The van der Waals surface area contributed by atoms with E-state index in [0.717, 1.165) is 18.1 Å². The van der Waals surface area contributed by atoms with Gasteiger partial charge in [-0.05, 0) is 20.8 Å². The van der Waals surface area contributed by atoms with Crippen molar-refractivity contribution in [2.45, 2.75) is 32.9 Å². The maximum absolute atomic E-state index is 12.1. The Morgan fingerprint density at radius 3 is 2.95 bits per heavy atom. The lowest BCUT2D eigenvalue weighted by Gasteiger charge is -2.36. The summed E-state index contributed by atoms with van der Waals surface area (Å²) in [6.07, 6.45) is 0.183. The van der Waals surface area contributed by atoms with Crippen LogP contribution in [0.5, 0.6) is 0 Å². The quantitative estimate of drug-likeness (QED) is 0.878. The molecule has 2 unspecified atom stereocenters. The van der Waals surface area contributed by atoms with Crippen molar-refractivity contribution in [1.82, 2.24) is 14.7 Å². The standard InChI is InChI=1S/C13H22N4O2/c1-9-5-12(16(4)15-9)14-13(18)7-17-6-11(3)19-8-10(17)2/h5,10-11H,6-8H2,1-4H3,(H,14,18). The number of hydrogen-bond acceptors (Lipinski definition) is 4. The molecule has 106 valence electrons. The predicted molar refractivity (Wildman–Crippen MR) is 73.0 cm³/mol. The van der Waals surface area contributed by atoms with Crippen LogP contribution in [0.4, 0.5) is 5.82 Å². The molecule has 2 heterocycles. The lowest BCUT2D eigenvalue weighted by atomic mass is 10.2. The number of nitrogens with one attached hydrogen (secondary N) is 1. The van der Waals surface area contributed by atoms with Crippen molar-refractivity contribution < 1.29 is 9.53 Å².